The summed E-state index contributed by atoms with van der Waals surface area (Å²) in [6, 6.07) is 6.93. The van der Waals surface area contributed by atoms with Crippen molar-refractivity contribution in [2.75, 3.05) is 25.9 Å². The maximum absolute atomic E-state index is 12.6. The molecule has 1 aromatic heterocycles. The zero-order chi connectivity index (χ0) is 20.5. The molecule has 11 heteroatoms. The third kappa shape index (κ3) is 4.96. The fraction of sp³-hybridized carbons (Fsp3) is 0.529. The number of hydrogen-bond donors (Lipinski definition) is 0. The molecule has 0 amide bonds. The summed E-state index contributed by atoms with van der Waals surface area (Å²) in [5, 5.41) is 3.77. The van der Waals surface area contributed by atoms with E-state index in [1.807, 2.05) is 19.1 Å². The Hall–Kier alpha value is -1.82. The van der Waals surface area contributed by atoms with Gasteiger partial charge in [0.25, 0.3) is 0 Å². The molecule has 0 N–H and O–H groups in total. The van der Waals surface area contributed by atoms with Crippen LogP contribution in [0.2, 0.25) is 0 Å². The van der Waals surface area contributed by atoms with Crippen molar-refractivity contribution in [3.8, 4) is 0 Å². The van der Waals surface area contributed by atoms with Crippen molar-refractivity contribution < 1.29 is 21.4 Å². The van der Waals surface area contributed by atoms with Gasteiger partial charge in [0.05, 0.1) is 18.1 Å². The molecule has 0 saturated carbocycles. The first-order chi connectivity index (χ1) is 13.0. The minimum Gasteiger partial charge on any atom is -0.340 e. The molecule has 0 spiro atoms. The van der Waals surface area contributed by atoms with Gasteiger partial charge in [-0.05, 0) is 12.5 Å². The highest BCUT2D eigenvalue weighted by atomic mass is 32.2. The Kier molecular flexibility index (Phi) is 5.89. The van der Waals surface area contributed by atoms with Gasteiger partial charge in [0.1, 0.15) is 0 Å². The van der Waals surface area contributed by atoms with Crippen LogP contribution in [0.15, 0.2) is 28.8 Å². The average Bonchev–Trinajstić information content (AvgIpc) is 2.95. The van der Waals surface area contributed by atoms with E-state index in [1.165, 1.54) is 8.61 Å². The largest absolute Gasteiger partial charge is 0.340 e. The quantitative estimate of drug-likeness (QED) is 0.608. The molecule has 0 bridgehead atoms. The van der Waals surface area contributed by atoms with Crippen molar-refractivity contribution in [1.82, 2.24) is 18.8 Å². The Bertz CT molecular complexity index is 1030. The van der Waals surface area contributed by atoms with Gasteiger partial charge in [-0.2, -0.15) is 13.6 Å². The molecular formula is C17H24N4O5S2. The summed E-state index contributed by atoms with van der Waals surface area (Å²) in [4.78, 5) is 4.07. The second-order valence-electron chi connectivity index (χ2n) is 7.07. The Balaban J connectivity index is 1.61. The van der Waals surface area contributed by atoms with E-state index < -0.39 is 26.1 Å². The molecule has 28 heavy (non-hydrogen) atoms. The van der Waals surface area contributed by atoms with Gasteiger partial charge in [-0.25, -0.2) is 16.8 Å². The van der Waals surface area contributed by atoms with E-state index in [9.17, 15) is 16.8 Å². The van der Waals surface area contributed by atoms with Crippen LogP contribution < -0.4 is 0 Å². The first-order valence-corrected chi connectivity index (χ1v) is 12.3. The van der Waals surface area contributed by atoms with Gasteiger partial charge in [0.15, 0.2) is 5.82 Å². The Labute approximate surface area is 165 Å². The molecule has 0 atom stereocenters. The summed E-state index contributed by atoms with van der Waals surface area (Å²) >= 11 is 0. The lowest BCUT2D eigenvalue weighted by Crippen LogP contribution is -2.62. The first kappa shape index (κ1) is 20.9. The van der Waals surface area contributed by atoms with Crippen LogP contribution in [0, 0.1) is 13.8 Å². The summed E-state index contributed by atoms with van der Waals surface area (Å²) < 4.78 is 57.1. The first-order valence-electron chi connectivity index (χ1n) is 8.84. The summed E-state index contributed by atoms with van der Waals surface area (Å²) in [6.07, 6.45) is 1.43. The topological polar surface area (TPSA) is 114 Å². The smallest absolute Gasteiger partial charge is 0.223 e. The lowest BCUT2D eigenvalue weighted by Gasteiger charge is -2.43. The zero-order valence-corrected chi connectivity index (χ0v) is 17.7. The van der Waals surface area contributed by atoms with Crippen LogP contribution in [-0.2, 0) is 32.2 Å². The van der Waals surface area contributed by atoms with Crippen molar-refractivity contribution in [2.45, 2.75) is 32.1 Å². The third-order valence-corrected chi connectivity index (χ3v) is 7.77. The van der Waals surface area contributed by atoms with E-state index in [1.54, 1.807) is 19.1 Å². The molecule has 2 aromatic rings. The molecule has 154 valence electrons. The highest BCUT2D eigenvalue weighted by Crippen LogP contribution is 2.23. The van der Waals surface area contributed by atoms with Crippen LogP contribution in [0.1, 0.15) is 22.8 Å². The van der Waals surface area contributed by atoms with Crippen LogP contribution >= 0.6 is 0 Å². The third-order valence-electron chi connectivity index (χ3n) is 4.65. The fourth-order valence-electron chi connectivity index (χ4n) is 3.08. The van der Waals surface area contributed by atoms with Crippen molar-refractivity contribution in [2.24, 2.45) is 0 Å². The maximum Gasteiger partial charge on any atom is 0.223 e. The van der Waals surface area contributed by atoms with Gasteiger partial charge in [-0.15, -0.1) is 0 Å². The van der Waals surface area contributed by atoms with Crippen molar-refractivity contribution in [3.05, 3.63) is 47.1 Å². The monoisotopic (exact) mass is 428 g/mol. The molecule has 1 aromatic carbocycles. The van der Waals surface area contributed by atoms with Crippen LogP contribution in [0.25, 0.3) is 0 Å². The number of hydrogen-bond acceptors (Lipinski definition) is 7. The molecule has 1 aliphatic rings. The lowest BCUT2D eigenvalue weighted by atomic mass is 10.2. The Morgan fingerprint density at radius 1 is 1.14 bits per heavy atom. The number of nitrogens with zero attached hydrogens (tertiary/aromatic N) is 4. The normalized spacial score (nSPS) is 16.4. The zero-order valence-electron chi connectivity index (χ0n) is 16.1. The second kappa shape index (κ2) is 7.90. The molecule has 0 radical (unpaired) electrons. The van der Waals surface area contributed by atoms with Crippen molar-refractivity contribution >= 4 is 20.0 Å². The van der Waals surface area contributed by atoms with Crippen LogP contribution in [0.3, 0.4) is 0 Å². The van der Waals surface area contributed by atoms with Crippen LogP contribution in [-0.4, -0.2) is 67.5 Å². The van der Waals surface area contributed by atoms with Crippen molar-refractivity contribution in [1.29, 1.82) is 0 Å². The summed E-state index contributed by atoms with van der Waals surface area (Å²) in [5.74, 6) is 0.744. The molecule has 9 nitrogen and oxygen atoms in total. The lowest BCUT2D eigenvalue weighted by molar-refractivity contribution is 0.155. The number of benzene rings is 1. The standard InChI is InChI=1S/C17H24N4O5S2/c1-13-4-6-15(7-5-13)12-28(24,25)20-10-16(11-20)21(27(3,22)23)9-8-17-18-14(2)26-19-17/h4-7,16H,8-12H2,1-3H3. The molecular weight excluding hydrogens is 404 g/mol. The highest BCUT2D eigenvalue weighted by molar-refractivity contribution is 7.88. The maximum atomic E-state index is 12.6. The van der Waals surface area contributed by atoms with E-state index in [2.05, 4.69) is 10.1 Å². The van der Waals surface area contributed by atoms with Gasteiger partial charge in [-0.1, -0.05) is 35.0 Å². The van der Waals surface area contributed by atoms with Gasteiger partial charge < -0.3 is 4.52 Å². The second-order valence-corrected chi connectivity index (χ2v) is 11.0. The molecule has 0 aliphatic carbocycles. The fourth-order valence-corrected chi connectivity index (χ4v) is 5.78. The van der Waals surface area contributed by atoms with E-state index in [4.69, 9.17) is 4.52 Å². The van der Waals surface area contributed by atoms with E-state index in [-0.39, 0.29) is 25.4 Å². The van der Waals surface area contributed by atoms with E-state index in [0.29, 0.717) is 23.7 Å². The number of aromatic nitrogens is 2. The number of sulfonamides is 2. The minimum atomic E-state index is -3.50. The van der Waals surface area contributed by atoms with E-state index >= 15 is 0 Å². The van der Waals surface area contributed by atoms with Gasteiger partial charge in [0, 0.05) is 33.0 Å². The molecule has 0 unspecified atom stereocenters. The number of rotatable bonds is 8. The Morgan fingerprint density at radius 3 is 2.32 bits per heavy atom. The molecule has 3 rings (SSSR count). The highest BCUT2D eigenvalue weighted by Gasteiger charge is 2.41. The van der Waals surface area contributed by atoms with Gasteiger partial charge in [-0.3, -0.25) is 0 Å². The molecule has 1 aliphatic heterocycles. The van der Waals surface area contributed by atoms with Gasteiger partial charge >= 0.3 is 0 Å². The predicted molar refractivity (Wildman–Crippen MR) is 103 cm³/mol. The summed E-state index contributed by atoms with van der Waals surface area (Å²) in [7, 11) is -6.99. The van der Waals surface area contributed by atoms with Gasteiger partial charge in [0.2, 0.25) is 25.9 Å². The average molecular weight is 429 g/mol. The molecule has 1 saturated heterocycles. The Morgan fingerprint density at radius 2 is 1.79 bits per heavy atom. The number of aryl methyl sites for hydroxylation is 2. The summed E-state index contributed by atoms with van der Waals surface area (Å²) in [6.45, 7) is 4.06. The minimum absolute atomic E-state index is 0.0962. The molecule has 1 fully saturated rings. The van der Waals surface area contributed by atoms with Crippen LogP contribution in [0.5, 0.6) is 0 Å². The van der Waals surface area contributed by atoms with E-state index in [0.717, 1.165) is 11.8 Å². The molecule has 2 heterocycles. The van der Waals surface area contributed by atoms with Crippen LogP contribution in [0.4, 0.5) is 0 Å². The predicted octanol–water partition coefficient (Wildman–Crippen LogP) is 0.705. The summed E-state index contributed by atoms with van der Waals surface area (Å²) in [5.41, 5.74) is 1.77. The SMILES string of the molecule is Cc1ccc(CS(=O)(=O)N2CC(N(CCc3noc(C)n3)S(C)(=O)=O)C2)cc1. The van der Waals surface area contributed by atoms with Crippen molar-refractivity contribution in [3.63, 3.8) is 0 Å².